The third-order valence-electron chi connectivity index (χ3n) is 3.25. The minimum absolute atomic E-state index is 0.00932. The van der Waals surface area contributed by atoms with Crippen molar-refractivity contribution in [2.24, 2.45) is 5.73 Å². The maximum absolute atomic E-state index is 11.9. The van der Waals surface area contributed by atoms with Crippen molar-refractivity contribution in [3.63, 3.8) is 0 Å². The molecule has 2 amide bonds. The summed E-state index contributed by atoms with van der Waals surface area (Å²) >= 11 is 0. The van der Waals surface area contributed by atoms with E-state index in [0.717, 1.165) is 0 Å². The van der Waals surface area contributed by atoms with E-state index in [4.69, 9.17) is 5.73 Å². The van der Waals surface area contributed by atoms with Gasteiger partial charge in [-0.15, -0.1) is 6.58 Å². The van der Waals surface area contributed by atoms with Crippen molar-refractivity contribution in [2.75, 3.05) is 39.3 Å². The number of piperazine rings is 1. The SMILES string of the molecule is C=CCNC(=O)CN1CCN(C(=O)[C@H](N)CC)CC1. The van der Waals surface area contributed by atoms with Gasteiger partial charge in [-0.25, -0.2) is 0 Å². The summed E-state index contributed by atoms with van der Waals surface area (Å²) in [6, 6.07) is -0.401. The molecule has 1 fully saturated rings. The summed E-state index contributed by atoms with van der Waals surface area (Å²) in [7, 11) is 0. The second kappa shape index (κ2) is 7.91. The molecule has 0 aliphatic carbocycles. The smallest absolute Gasteiger partial charge is 0.239 e. The maximum Gasteiger partial charge on any atom is 0.239 e. The zero-order chi connectivity index (χ0) is 14.3. The molecule has 19 heavy (non-hydrogen) atoms. The van der Waals surface area contributed by atoms with E-state index in [0.29, 0.717) is 45.7 Å². The average molecular weight is 268 g/mol. The molecule has 1 rings (SSSR count). The Hall–Kier alpha value is -1.40. The Labute approximate surface area is 114 Å². The van der Waals surface area contributed by atoms with Gasteiger partial charge < -0.3 is 16.0 Å². The number of carbonyl (C=O) groups is 2. The van der Waals surface area contributed by atoms with Gasteiger partial charge >= 0.3 is 0 Å². The third-order valence-corrected chi connectivity index (χ3v) is 3.25. The van der Waals surface area contributed by atoms with Gasteiger partial charge in [0, 0.05) is 32.7 Å². The second-order valence-electron chi connectivity index (χ2n) is 4.71. The van der Waals surface area contributed by atoms with Crippen LogP contribution in [0.5, 0.6) is 0 Å². The van der Waals surface area contributed by atoms with E-state index >= 15 is 0 Å². The molecule has 1 aliphatic rings. The minimum Gasteiger partial charge on any atom is -0.352 e. The zero-order valence-corrected chi connectivity index (χ0v) is 11.6. The molecule has 0 aromatic rings. The van der Waals surface area contributed by atoms with E-state index in [1.807, 2.05) is 11.8 Å². The maximum atomic E-state index is 11.9. The van der Waals surface area contributed by atoms with Crippen LogP contribution in [0.2, 0.25) is 0 Å². The van der Waals surface area contributed by atoms with Gasteiger partial charge in [-0.1, -0.05) is 13.0 Å². The lowest BCUT2D eigenvalue weighted by atomic mass is 10.2. The fraction of sp³-hybridized carbons (Fsp3) is 0.692. The van der Waals surface area contributed by atoms with E-state index in [2.05, 4.69) is 11.9 Å². The minimum atomic E-state index is -0.401. The van der Waals surface area contributed by atoms with Crippen molar-refractivity contribution in [2.45, 2.75) is 19.4 Å². The number of nitrogens with one attached hydrogen (secondary N) is 1. The molecule has 1 aliphatic heterocycles. The van der Waals surface area contributed by atoms with E-state index in [1.54, 1.807) is 11.0 Å². The predicted molar refractivity (Wildman–Crippen MR) is 74.5 cm³/mol. The highest BCUT2D eigenvalue weighted by molar-refractivity contribution is 5.81. The van der Waals surface area contributed by atoms with Crippen LogP contribution >= 0.6 is 0 Å². The summed E-state index contributed by atoms with van der Waals surface area (Å²) in [5, 5.41) is 2.74. The van der Waals surface area contributed by atoms with Gasteiger partial charge in [-0.3, -0.25) is 14.5 Å². The van der Waals surface area contributed by atoms with Crippen LogP contribution in [0.3, 0.4) is 0 Å². The van der Waals surface area contributed by atoms with Crippen LogP contribution < -0.4 is 11.1 Å². The first-order valence-corrected chi connectivity index (χ1v) is 6.72. The normalized spacial score (nSPS) is 17.9. The van der Waals surface area contributed by atoms with Gasteiger partial charge in [0.15, 0.2) is 0 Å². The van der Waals surface area contributed by atoms with E-state index in [9.17, 15) is 9.59 Å². The molecule has 6 nitrogen and oxygen atoms in total. The zero-order valence-electron chi connectivity index (χ0n) is 11.6. The number of rotatable bonds is 6. The Kier molecular flexibility index (Phi) is 6.52. The highest BCUT2D eigenvalue weighted by Gasteiger charge is 2.24. The van der Waals surface area contributed by atoms with Crippen LogP contribution in [-0.4, -0.2) is 66.9 Å². The standard InChI is InChI=1S/C13H24N4O2/c1-3-5-15-12(18)10-16-6-8-17(9-7-16)13(19)11(14)4-2/h3,11H,1,4-10,14H2,2H3,(H,15,18)/t11-/m1/s1. The van der Waals surface area contributed by atoms with Crippen LogP contribution in [0.1, 0.15) is 13.3 Å². The molecule has 0 aromatic carbocycles. The molecule has 0 radical (unpaired) electrons. The molecule has 1 saturated heterocycles. The van der Waals surface area contributed by atoms with Crippen LogP contribution in [0, 0.1) is 0 Å². The van der Waals surface area contributed by atoms with Crippen LogP contribution in [0.4, 0.5) is 0 Å². The highest BCUT2D eigenvalue weighted by Crippen LogP contribution is 2.04. The first kappa shape index (κ1) is 15.7. The van der Waals surface area contributed by atoms with Crippen molar-refractivity contribution >= 4 is 11.8 Å². The molecule has 3 N–H and O–H groups in total. The Bertz CT molecular complexity index is 325. The average Bonchev–Trinajstić information content (AvgIpc) is 2.44. The van der Waals surface area contributed by atoms with Gasteiger partial charge in [-0.2, -0.15) is 0 Å². The second-order valence-corrected chi connectivity index (χ2v) is 4.71. The summed E-state index contributed by atoms with van der Waals surface area (Å²) < 4.78 is 0. The van der Waals surface area contributed by atoms with Gasteiger partial charge in [0.25, 0.3) is 0 Å². The van der Waals surface area contributed by atoms with Crippen molar-refractivity contribution in [1.29, 1.82) is 0 Å². The predicted octanol–water partition coefficient (Wildman–Crippen LogP) is -0.830. The molecule has 1 heterocycles. The molecule has 0 spiro atoms. The summed E-state index contributed by atoms with van der Waals surface area (Å²) in [5.41, 5.74) is 5.74. The molecular formula is C13H24N4O2. The number of nitrogens with zero attached hydrogens (tertiary/aromatic N) is 2. The largest absolute Gasteiger partial charge is 0.352 e. The van der Waals surface area contributed by atoms with Crippen LogP contribution in [0.15, 0.2) is 12.7 Å². The Balaban J connectivity index is 2.30. The van der Waals surface area contributed by atoms with E-state index in [1.165, 1.54) is 0 Å². The van der Waals surface area contributed by atoms with Gasteiger partial charge in [0.2, 0.25) is 11.8 Å². The van der Waals surface area contributed by atoms with Crippen LogP contribution in [0.25, 0.3) is 0 Å². The Morgan fingerprint density at radius 3 is 2.53 bits per heavy atom. The highest BCUT2D eigenvalue weighted by atomic mass is 16.2. The van der Waals surface area contributed by atoms with E-state index < -0.39 is 6.04 Å². The van der Waals surface area contributed by atoms with Crippen molar-refractivity contribution in [3.05, 3.63) is 12.7 Å². The molecular weight excluding hydrogens is 244 g/mol. The molecule has 0 bridgehead atoms. The number of hydrogen-bond acceptors (Lipinski definition) is 4. The summed E-state index contributed by atoms with van der Waals surface area (Å²) in [5.74, 6) is 0.00296. The molecule has 1 atom stereocenters. The van der Waals surface area contributed by atoms with Crippen molar-refractivity contribution < 1.29 is 9.59 Å². The number of nitrogens with two attached hydrogens (primary N) is 1. The first-order chi connectivity index (χ1) is 9.08. The molecule has 0 saturated carbocycles. The Morgan fingerprint density at radius 1 is 1.37 bits per heavy atom. The van der Waals surface area contributed by atoms with E-state index in [-0.39, 0.29) is 11.8 Å². The lowest BCUT2D eigenvalue weighted by molar-refractivity contribution is -0.134. The molecule has 108 valence electrons. The summed E-state index contributed by atoms with van der Waals surface area (Å²) in [6.07, 6.45) is 2.31. The third kappa shape index (κ3) is 5.00. The van der Waals surface area contributed by atoms with Gasteiger partial charge in [-0.05, 0) is 6.42 Å². The monoisotopic (exact) mass is 268 g/mol. The quantitative estimate of drug-likeness (QED) is 0.616. The number of hydrogen-bond donors (Lipinski definition) is 2. The van der Waals surface area contributed by atoms with Crippen molar-refractivity contribution in [1.82, 2.24) is 15.1 Å². The fourth-order valence-electron chi connectivity index (χ4n) is 1.98. The first-order valence-electron chi connectivity index (χ1n) is 6.72. The number of amides is 2. The lowest BCUT2D eigenvalue weighted by Crippen LogP contribution is -2.54. The van der Waals surface area contributed by atoms with Gasteiger partial charge in [0.05, 0.1) is 12.6 Å². The summed E-state index contributed by atoms with van der Waals surface area (Å²) in [6.45, 7) is 9.02. The Morgan fingerprint density at radius 2 is 2.00 bits per heavy atom. The summed E-state index contributed by atoms with van der Waals surface area (Å²) in [4.78, 5) is 27.3. The lowest BCUT2D eigenvalue weighted by Gasteiger charge is -2.35. The van der Waals surface area contributed by atoms with Crippen molar-refractivity contribution in [3.8, 4) is 0 Å². The molecule has 0 aromatic heterocycles. The number of carbonyl (C=O) groups excluding carboxylic acids is 2. The fourth-order valence-corrected chi connectivity index (χ4v) is 1.98. The topological polar surface area (TPSA) is 78.7 Å². The van der Waals surface area contributed by atoms with Crippen LogP contribution in [-0.2, 0) is 9.59 Å². The molecule has 0 unspecified atom stereocenters. The molecule has 6 heteroatoms. The van der Waals surface area contributed by atoms with Gasteiger partial charge in [0.1, 0.15) is 0 Å².